The number of nitrogens with zero attached hydrogens (tertiary/aromatic N) is 2. The quantitative estimate of drug-likeness (QED) is 0.797. The number of halogens is 2. The van der Waals surface area contributed by atoms with Crippen molar-refractivity contribution in [1.29, 1.82) is 0 Å². The van der Waals surface area contributed by atoms with E-state index in [0.29, 0.717) is 0 Å². The summed E-state index contributed by atoms with van der Waals surface area (Å²) in [5.41, 5.74) is 10.8. The highest BCUT2D eigenvalue weighted by Crippen LogP contribution is 2.25. The van der Waals surface area contributed by atoms with Crippen LogP contribution in [0.25, 0.3) is 0 Å². The third kappa shape index (κ3) is 5.30. The van der Waals surface area contributed by atoms with Crippen LogP contribution in [-0.2, 0) is 13.1 Å². The number of benzene rings is 2. The molecule has 2 aromatic carbocycles. The highest BCUT2D eigenvalue weighted by molar-refractivity contribution is 5.85. The highest BCUT2D eigenvalue weighted by atomic mass is 35.5. The minimum absolute atomic E-state index is 0. The summed E-state index contributed by atoms with van der Waals surface area (Å²) >= 11 is 0. The van der Waals surface area contributed by atoms with Gasteiger partial charge in [-0.2, -0.15) is 0 Å². The topological polar surface area (TPSA) is 32.5 Å². The van der Waals surface area contributed by atoms with E-state index < -0.39 is 0 Å². The minimum Gasteiger partial charge on any atom is -0.399 e. The number of anilines is 2. The van der Waals surface area contributed by atoms with Crippen molar-refractivity contribution < 1.29 is 0 Å². The molecule has 3 rings (SSSR count). The van der Waals surface area contributed by atoms with E-state index >= 15 is 0 Å². The lowest BCUT2D eigenvalue weighted by molar-refractivity contribution is 0.319. The molecule has 0 spiro atoms. The van der Waals surface area contributed by atoms with Crippen molar-refractivity contribution >= 4 is 36.2 Å². The Morgan fingerprint density at radius 3 is 2.38 bits per heavy atom. The summed E-state index contributed by atoms with van der Waals surface area (Å²) in [6, 6.07) is 17.0. The van der Waals surface area contributed by atoms with E-state index in [0.717, 1.165) is 18.8 Å². The summed E-state index contributed by atoms with van der Waals surface area (Å²) in [4.78, 5) is 4.87. The first-order valence-electron chi connectivity index (χ1n) is 8.08. The smallest absolute Gasteiger partial charge is 0.0411 e. The lowest BCUT2D eigenvalue weighted by atomic mass is 10.1. The second-order valence-electron chi connectivity index (χ2n) is 6.24. The van der Waals surface area contributed by atoms with Crippen LogP contribution in [0.15, 0.2) is 48.5 Å². The van der Waals surface area contributed by atoms with Crippen molar-refractivity contribution in [3.05, 3.63) is 59.7 Å². The summed E-state index contributed by atoms with van der Waals surface area (Å²) in [5.74, 6) is 0. The first-order valence-corrected chi connectivity index (χ1v) is 8.08. The van der Waals surface area contributed by atoms with E-state index in [1.807, 2.05) is 12.1 Å². The monoisotopic (exact) mass is 367 g/mol. The summed E-state index contributed by atoms with van der Waals surface area (Å²) in [7, 11) is 2.17. The van der Waals surface area contributed by atoms with Crippen LogP contribution >= 0.6 is 24.8 Å². The molecule has 132 valence electrons. The molecule has 0 bridgehead atoms. The van der Waals surface area contributed by atoms with Gasteiger partial charge in [0.1, 0.15) is 0 Å². The number of hydrogen-bond acceptors (Lipinski definition) is 3. The molecule has 1 saturated heterocycles. The van der Waals surface area contributed by atoms with Crippen molar-refractivity contribution in [2.75, 3.05) is 30.8 Å². The van der Waals surface area contributed by atoms with Crippen molar-refractivity contribution in [3.8, 4) is 0 Å². The summed E-state index contributed by atoms with van der Waals surface area (Å²) in [5, 5.41) is 0. The van der Waals surface area contributed by atoms with E-state index in [-0.39, 0.29) is 24.8 Å². The molecule has 24 heavy (non-hydrogen) atoms. The van der Waals surface area contributed by atoms with Crippen LogP contribution < -0.4 is 10.6 Å². The average molecular weight is 368 g/mol. The fourth-order valence-electron chi connectivity index (χ4n) is 3.26. The molecule has 1 fully saturated rings. The zero-order valence-electron chi connectivity index (χ0n) is 14.1. The molecule has 0 amide bonds. The molecule has 1 aliphatic rings. The molecular weight excluding hydrogens is 341 g/mol. The SMILES string of the molecule is CN(Cc1cccc(N)c1)Cc1ccccc1N1CCCC1.Cl.Cl. The Labute approximate surface area is 157 Å². The molecule has 0 aliphatic carbocycles. The molecule has 0 saturated carbocycles. The Hall–Kier alpha value is -1.42. The van der Waals surface area contributed by atoms with Crippen molar-refractivity contribution in [1.82, 2.24) is 4.90 Å². The third-order valence-electron chi connectivity index (χ3n) is 4.28. The number of nitrogens with two attached hydrogens (primary N) is 1. The summed E-state index contributed by atoms with van der Waals surface area (Å²) in [6.45, 7) is 4.26. The minimum atomic E-state index is 0. The fraction of sp³-hybridized carbons (Fsp3) is 0.368. The van der Waals surface area contributed by atoms with Gasteiger partial charge in [-0.15, -0.1) is 24.8 Å². The zero-order valence-corrected chi connectivity index (χ0v) is 15.8. The Morgan fingerprint density at radius 1 is 0.958 bits per heavy atom. The molecule has 1 heterocycles. The van der Waals surface area contributed by atoms with Gasteiger partial charge in [0, 0.05) is 37.6 Å². The van der Waals surface area contributed by atoms with Crippen molar-refractivity contribution in [3.63, 3.8) is 0 Å². The first kappa shape index (κ1) is 20.6. The van der Waals surface area contributed by atoms with Gasteiger partial charge in [0.25, 0.3) is 0 Å². The lowest BCUT2D eigenvalue weighted by Gasteiger charge is -2.24. The van der Waals surface area contributed by atoms with E-state index in [9.17, 15) is 0 Å². The molecule has 3 nitrogen and oxygen atoms in total. The lowest BCUT2D eigenvalue weighted by Crippen LogP contribution is -2.23. The maximum atomic E-state index is 5.87. The van der Waals surface area contributed by atoms with Crippen LogP contribution in [0.2, 0.25) is 0 Å². The van der Waals surface area contributed by atoms with Crippen LogP contribution in [0.3, 0.4) is 0 Å². The standard InChI is InChI=1S/C19H25N3.2ClH/c1-21(14-16-7-6-9-18(20)13-16)15-17-8-2-3-10-19(17)22-11-4-5-12-22;;/h2-3,6-10,13H,4-5,11-12,14-15,20H2,1H3;2*1H. The van der Waals surface area contributed by atoms with Gasteiger partial charge in [-0.25, -0.2) is 0 Å². The van der Waals surface area contributed by atoms with Crippen LogP contribution in [-0.4, -0.2) is 25.0 Å². The maximum absolute atomic E-state index is 5.87. The van der Waals surface area contributed by atoms with Gasteiger partial charge in [0.05, 0.1) is 0 Å². The second kappa shape index (κ2) is 9.77. The van der Waals surface area contributed by atoms with Gasteiger partial charge in [-0.05, 0) is 49.2 Å². The van der Waals surface area contributed by atoms with E-state index in [4.69, 9.17) is 5.73 Å². The molecule has 0 aromatic heterocycles. The van der Waals surface area contributed by atoms with Crippen LogP contribution in [0.4, 0.5) is 11.4 Å². The largest absolute Gasteiger partial charge is 0.399 e. The first-order chi connectivity index (χ1) is 10.7. The highest BCUT2D eigenvalue weighted by Gasteiger charge is 2.16. The maximum Gasteiger partial charge on any atom is 0.0411 e. The van der Waals surface area contributed by atoms with E-state index in [1.54, 1.807) is 0 Å². The van der Waals surface area contributed by atoms with Gasteiger partial charge in [0.2, 0.25) is 0 Å². The van der Waals surface area contributed by atoms with Gasteiger partial charge < -0.3 is 10.6 Å². The molecule has 2 N–H and O–H groups in total. The van der Waals surface area contributed by atoms with Gasteiger partial charge >= 0.3 is 0 Å². The van der Waals surface area contributed by atoms with E-state index in [1.165, 1.54) is 42.7 Å². The Balaban J connectivity index is 0.00000144. The number of para-hydroxylation sites is 1. The number of nitrogen functional groups attached to an aromatic ring is 1. The third-order valence-corrected chi connectivity index (χ3v) is 4.28. The molecule has 2 aromatic rings. The number of hydrogen-bond donors (Lipinski definition) is 1. The van der Waals surface area contributed by atoms with Gasteiger partial charge in [0.15, 0.2) is 0 Å². The molecule has 0 atom stereocenters. The predicted octanol–water partition coefficient (Wildman–Crippen LogP) is 4.34. The Kier molecular flexibility index (Phi) is 8.40. The van der Waals surface area contributed by atoms with Crippen LogP contribution in [0.1, 0.15) is 24.0 Å². The van der Waals surface area contributed by atoms with Gasteiger partial charge in [-0.1, -0.05) is 30.3 Å². The average Bonchev–Trinajstić information content (AvgIpc) is 3.02. The van der Waals surface area contributed by atoms with Crippen LogP contribution in [0.5, 0.6) is 0 Å². The second-order valence-corrected chi connectivity index (χ2v) is 6.24. The Morgan fingerprint density at radius 2 is 1.67 bits per heavy atom. The van der Waals surface area contributed by atoms with Crippen molar-refractivity contribution in [2.45, 2.75) is 25.9 Å². The predicted molar refractivity (Wildman–Crippen MR) is 108 cm³/mol. The normalized spacial score (nSPS) is 13.5. The molecule has 0 radical (unpaired) electrons. The van der Waals surface area contributed by atoms with E-state index in [2.05, 4.69) is 53.2 Å². The summed E-state index contributed by atoms with van der Waals surface area (Å²) in [6.07, 6.45) is 2.63. The summed E-state index contributed by atoms with van der Waals surface area (Å²) < 4.78 is 0. The molecular formula is C19H27Cl2N3. The Bertz CT molecular complexity index is 628. The number of rotatable bonds is 5. The fourth-order valence-corrected chi connectivity index (χ4v) is 3.26. The molecule has 5 heteroatoms. The molecule has 1 aliphatic heterocycles. The molecule has 0 unspecified atom stereocenters. The van der Waals surface area contributed by atoms with Crippen molar-refractivity contribution in [2.24, 2.45) is 0 Å². The van der Waals surface area contributed by atoms with Gasteiger partial charge in [-0.3, -0.25) is 4.90 Å². The zero-order chi connectivity index (χ0) is 15.4. The van der Waals surface area contributed by atoms with Crippen LogP contribution in [0, 0.1) is 0 Å².